The van der Waals surface area contributed by atoms with Crippen LogP contribution in [-0.2, 0) is 14.3 Å². The molecule has 1 aromatic carbocycles. The fraction of sp³-hybridized carbons (Fsp3) is 0.438. The number of imide groups is 1. The summed E-state index contributed by atoms with van der Waals surface area (Å²) >= 11 is 5.54. The number of rotatable bonds is 9. The Bertz CT molecular complexity index is 703. The number of benzene rings is 1. The van der Waals surface area contributed by atoms with E-state index in [4.69, 9.17) is 9.47 Å². The van der Waals surface area contributed by atoms with Gasteiger partial charge in [-0.2, -0.15) is 12.6 Å². The summed E-state index contributed by atoms with van der Waals surface area (Å²) in [6, 6.07) is 7.80. The third-order valence-corrected chi connectivity index (χ3v) is 4.92. The number of thioether (sulfide) groups is 1. The maximum atomic E-state index is 11.4. The summed E-state index contributed by atoms with van der Waals surface area (Å²) in [5, 5.41) is -0.349. The van der Waals surface area contributed by atoms with Gasteiger partial charge in [-0.05, 0) is 12.1 Å². The first kappa shape index (κ1) is 18.2. The van der Waals surface area contributed by atoms with Gasteiger partial charge in [-0.15, -0.1) is 0 Å². The van der Waals surface area contributed by atoms with Crippen molar-refractivity contribution in [3.8, 4) is 0 Å². The van der Waals surface area contributed by atoms with Gasteiger partial charge in [0.1, 0.15) is 5.82 Å². The third kappa shape index (κ3) is 4.75. The minimum Gasteiger partial charge on any atom is -0.377 e. The number of carbonyl (C=O) groups excluding carboxylic acids is 2. The number of hydrogen-bond acceptors (Lipinski definition) is 7. The lowest BCUT2D eigenvalue weighted by atomic mass is 10.3. The van der Waals surface area contributed by atoms with E-state index in [2.05, 4.69) is 22.6 Å². The number of imidazole rings is 1. The SMILES string of the molecule is O=C1CSC(=O)N1CCOCCOCC(S)c1nc2ccccc2[nH]1. The van der Waals surface area contributed by atoms with E-state index >= 15 is 0 Å². The molecule has 2 amide bonds. The summed E-state index contributed by atoms with van der Waals surface area (Å²) in [4.78, 5) is 31.7. The number of para-hydroxylation sites is 2. The molecule has 1 saturated heterocycles. The number of ether oxygens (including phenoxy) is 2. The number of aromatic amines is 1. The van der Waals surface area contributed by atoms with Crippen LogP contribution >= 0.6 is 24.4 Å². The van der Waals surface area contributed by atoms with Crippen LogP contribution in [0.25, 0.3) is 11.0 Å². The van der Waals surface area contributed by atoms with Crippen molar-refractivity contribution in [2.75, 3.05) is 38.7 Å². The summed E-state index contributed by atoms with van der Waals surface area (Å²) in [7, 11) is 0. The molecule has 134 valence electrons. The molecule has 3 rings (SSSR count). The van der Waals surface area contributed by atoms with Crippen molar-refractivity contribution < 1.29 is 19.1 Å². The predicted octanol–water partition coefficient (Wildman–Crippen LogP) is 2.26. The van der Waals surface area contributed by atoms with Gasteiger partial charge >= 0.3 is 0 Å². The molecule has 7 nitrogen and oxygen atoms in total. The molecule has 9 heteroatoms. The van der Waals surface area contributed by atoms with Crippen LogP contribution in [0.1, 0.15) is 11.1 Å². The first-order valence-electron chi connectivity index (χ1n) is 7.90. The molecule has 1 aliphatic heterocycles. The zero-order valence-corrected chi connectivity index (χ0v) is 15.2. The molecule has 2 aromatic rings. The van der Waals surface area contributed by atoms with E-state index in [0.717, 1.165) is 28.6 Å². The zero-order chi connectivity index (χ0) is 17.6. The van der Waals surface area contributed by atoms with Crippen molar-refractivity contribution in [1.82, 2.24) is 14.9 Å². The standard InChI is InChI=1S/C16H19N3O4S2/c20-14-10-25-16(21)19(14)5-6-22-7-8-23-9-13(24)15-17-11-3-1-2-4-12(11)18-15/h1-4,13,24H,5-10H2,(H,17,18). The summed E-state index contributed by atoms with van der Waals surface area (Å²) in [5.41, 5.74) is 1.88. The Balaban J connectivity index is 1.30. The van der Waals surface area contributed by atoms with Crippen LogP contribution in [0.5, 0.6) is 0 Å². The van der Waals surface area contributed by atoms with Crippen LogP contribution in [0.15, 0.2) is 24.3 Å². The van der Waals surface area contributed by atoms with Gasteiger partial charge < -0.3 is 14.5 Å². The minimum atomic E-state index is -0.200. The van der Waals surface area contributed by atoms with E-state index in [1.54, 1.807) is 0 Å². The predicted molar refractivity (Wildman–Crippen MR) is 99.0 cm³/mol. The highest BCUT2D eigenvalue weighted by atomic mass is 32.2. The molecule has 0 saturated carbocycles. The Labute approximate surface area is 154 Å². The molecule has 1 N–H and O–H groups in total. The smallest absolute Gasteiger partial charge is 0.288 e. The second-order valence-electron chi connectivity index (χ2n) is 5.44. The third-order valence-electron chi connectivity index (χ3n) is 3.67. The number of nitrogens with one attached hydrogen (secondary N) is 1. The largest absolute Gasteiger partial charge is 0.377 e. The molecule has 1 unspecified atom stereocenters. The molecule has 0 radical (unpaired) electrons. The average molecular weight is 381 g/mol. The minimum absolute atomic E-state index is 0.149. The van der Waals surface area contributed by atoms with Gasteiger partial charge in [-0.1, -0.05) is 23.9 Å². The molecule has 25 heavy (non-hydrogen) atoms. The van der Waals surface area contributed by atoms with E-state index in [9.17, 15) is 9.59 Å². The molecule has 2 heterocycles. The number of amides is 2. The van der Waals surface area contributed by atoms with E-state index < -0.39 is 0 Å². The number of hydrogen-bond donors (Lipinski definition) is 2. The molecule has 1 atom stereocenters. The quantitative estimate of drug-likeness (QED) is 0.512. The highest BCUT2D eigenvalue weighted by Crippen LogP contribution is 2.21. The fourth-order valence-corrected chi connectivity index (χ4v) is 3.36. The fourth-order valence-electron chi connectivity index (χ4n) is 2.38. The lowest BCUT2D eigenvalue weighted by Gasteiger charge is -2.13. The van der Waals surface area contributed by atoms with Crippen molar-refractivity contribution in [2.45, 2.75) is 5.25 Å². The van der Waals surface area contributed by atoms with Crippen LogP contribution < -0.4 is 0 Å². The lowest BCUT2D eigenvalue weighted by molar-refractivity contribution is -0.125. The Hall–Kier alpha value is -1.55. The molecule has 1 aromatic heterocycles. The maximum Gasteiger partial charge on any atom is 0.288 e. The molecule has 1 fully saturated rings. The number of H-pyrrole nitrogens is 1. The van der Waals surface area contributed by atoms with Gasteiger partial charge in [0.15, 0.2) is 0 Å². The summed E-state index contributed by atoms with van der Waals surface area (Å²) in [6.07, 6.45) is 0. The summed E-state index contributed by atoms with van der Waals surface area (Å²) in [6.45, 7) is 1.82. The van der Waals surface area contributed by atoms with Crippen LogP contribution in [0, 0.1) is 0 Å². The van der Waals surface area contributed by atoms with Gasteiger partial charge in [0.05, 0.1) is 55.0 Å². The summed E-state index contributed by atoms with van der Waals surface area (Å²) in [5.74, 6) is 0.847. The van der Waals surface area contributed by atoms with Crippen LogP contribution in [0.4, 0.5) is 4.79 Å². The van der Waals surface area contributed by atoms with Crippen LogP contribution in [0.3, 0.4) is 0 Å². The molecular formula is C16H19N3O4S2. The van der Waals surface area contributed by atoms with E-state index in [0.29, 0.717) is 33.0 Å². The Morgan fingerprint density at radius 3 is 2.80 bits per heavy atom. The van der Waals surface area contributed by atoms with Gasteiger partial charge in [0.2, 0.25) is 5.91 Å². The Morgan fingerprint density at radius 2 is 2.04 bits per heavy atom. The molecule has 1 aliphatic rings. The van der Waals surface area contributed by atoms with Gasteiger partial charge in [-0.3, -0.25) is 14.5 Å². The monoisotopic (exact) mass is 381 g/mol. The van der Waals surface area contributed by atoms with Gasteiger partial charge in [0, 0.05) is 0 Å². The topological polar surface area (TPSA) is 84.5 Å². The zero-order valence-electron chi connectivity index (χ0n) is 13.5. The summed E-state index contributed by atoms with van der Waals surface area (Å²) < 4.78 is 10.9. The van der Waals surface area contributed by atoms with E-state index in [1.807, 2.05) is 24.3 Å². The van der Waals surface area contributed by atoms with Crippen molar-refractivity contribution in [1.29, 1.82) is 0 Å². The normalized spacial score (nSPS) is 16.1. The lowest BCUT2D eigenvalue weighted by Crippen LogP contribution is -2.32. The second kappa shape index (κ2) is 8.70. The number of carbonyl (C=O) groups is 2. The molecule has 0 bridgehead atoms. The number of fused-ring (bicyclic) bond motifs is 1. The number of thiol groups is 1. The first-order chi connectivity index (χ1) is 12.1. The highest BCUT2D eigenvalue weighted by molar-refractivity contribution is 8.14. The van der Waals surface area contributed by atoms with E-state index in [1.165, 1.54) is 4.90 Å². The van der Waals surface area contributed by atoms with Gasteiger partial charge in [0.25, 0.3) is 5.24 Å². The Kier molecular flexibility index (Phi) is 6.35. The van der Waals surface area contributed by atoms with Gasteiger partial charge in [-0.25, -0.2) is 4.98 Å². The maximum absolute atomic E-state index is 11.4. The van der Waals surface area contributed by atoms with Crippen molar-refractivity contribution in [2.24, 2.45) is 0 Å². The molecule has 0 aliphatic carbocycles. The highest BCUT2D eigenvalue weighted by Gasteiger charge is 2.29. The number of aromatic nitrogens is 2. The number of nitrogens with zero attached hydrogens (tertiary/aromatic N) is 2. The Morgan fingerprint density at radius 1 is 1.24 bits per heavy atom. The molecular weight excluding hydrogens is 362 g/mol. The first-order valence-corrected chi connectivity index (χ1v) is 9.40. The van der Waals surface area contributed by atoms with Crippen molar-refractivity contribution in [3.05, 3.63) is 30.1 Å². The van der Waals surface area contributed by atoms with Crippen LogP contribution in [0.2, 0.25) is 0 Å². The van der Waals surface area contributed by atoms with E-state index in [-0.39, 0.29) is 22.1 Å². The van der Waals surface area contributed by atoms with Crippen LogP contribution in [-0.4, -0.2) is 64.7 Å². The second-order valence-corrected chi connectivity index (χ2v) is 6.99. The van der Waals surface area contributed by atoms with Crippen molar-refractivity contribution in [3.63, 3.8) is 0 Å². The average Bonchev–Trinajstić information content (AvgIpc) is 3.18. The molecule has 0 spiro atoms. The van der Waals surface area contributed by atoms with Crippen molar-refractivity contribution >= 4 is 46.6 Å².